The topological polar surface area (TPSA) is 56.7 Å². The van der Waals surface area contributed by atoms with Crippen LogP contribution in [0.2, 0.25) is 0 Å². The second kappa shape index (κ2) is 16.5. The Balaban J connectivity index is 1.14. The van der Waals surface area contributed by atoms with E-state index in [9.17, 15) is 0 Å². The Labute approximate surface area is 393 Å². The largest absolute Gasteiger partial charge is 0.456 e. The fourth-order valence-electron chi connectivity index (χ4n) is 10.0. The number of hydrogen-bond acceptors (Lipinski definition) is 4. The molecule has 1 aliphatic rings. The molecule has 3 aromatic heterocycles. The van der Waals surface area contributed by atoms with Crippen LogP contribution in [0.3, 0.4) is 0 Å². The highest BCUT2D eigenvalue weighted by atomic mass is 16.3. The number of fused-ring (bicyclic) bond motifs is 7. The van der Waals surface area contributed by atoms with Crippen LogP contribution < -0.4 is 0 Å². The minimum Gasteiger partial charge on any atom is -0.456 e. The van der Waals surface area contributed by atoms with E-state index in [1.807, 2.05) is 42.5 Å². The third-order valence-electron chi connectivity index (χ3n) is 13.3. The molecule has 0 unspecified atom stereocenters. The summed E-state index contributed by atoms with van der Waals surface area (Å²) in [7, 11) is 0. The van der Waals surface area contributed by atoms with Crippen LogP contribution >= 0.6 is 0 Å². The van der Waals surface area contributed by atoms with Crippen LogP contribution in [-0.2, 0) is 0 Å². The molecule has 0 saturated heterocycles. The van der Waals surface area contributed by atoms with Gasteiger partial charge in [-0.3, -0.25) is 0 Å². The monoisotopic (exact) mass is 870 g/mol. The third-order valence-corrected chi connectivity index (χ3v) is 13.3. The molecule has 68 heavy (non-hydrogen) atoms. The Morgan fingerprint density at radius 3 is 1.50 bits per heavy atom. The minimum absolute atomic E-state index is 0.593. The van der Waals surface area contributed by atoms with E-state index in [0.29, 0.717) is 17.5 Å². The molecule has 0 fully saturated rings. The van der Waals surface area contributed by atoms with Gasteiger partial charge in [0.2, 0.25) is 0 Å². The highest BCUT2D eigenvalue weighted by Crippen LogP contribution is 2.47. The molecule has 13 rings (SSSR count). The van der Waals surface area contributed by atoms with Crippen molar-refractivity contribution in [2.75, 3.05) is 0 Å². The quantitative estimate of drug-likeness (QED) is 0.153. The van der Waals surface area contributed by atoms with Gasteiger partial charge in [0.1, 0.15) is 11.2 Å². The molecular weight excluding hydrogens is 829 g/mol. The van der Waals surface area contributed by atoms with Gasteiger partial charge in [0.15, 0.2) is 17.5 Å². The maximum absolute atomic E-state index is 6.53. The van der Waals surface area contributed by atoms with Gasteiger partial charge in [0, 0.05) is 49.4 Å². The standard InChI is InChI=1S/C63H42N4O/c1-5-17-41(18-6-1)43-29-33-45(34-30-43)52-39-49(63-65-61(47-21-9-3-10-22-47)64-62(66-63)48-23-11-4-12-24-48)40-53(46-35-31-44(32-36-46)42-19-7-2-8-20-42)60(52)67-54-27-15-13-25-50(54)58-55(67)37-38-57-59(58)51-26-14-16-28-56(51)68-57/h1,3-7,9-40H,2,8H2. The lowest BCUT2D eigenvalue weighted by atomic mass is 9.90. The van der Waals surface area contributed by atoms with Crippen molar-refractivity contribution in [3.63, 3.8) is 0 Å². The molecular formula is C63H42N4O. The van der Waals surface area contributed by atoms with E-state index in [1.165, 1.54) is 16.7 Å². The van der Waals surface area contributed by atoms with Gasteiger partial charge < -0.3 is 8.98 Å². The number of furan rings is 1. The molecule has 0 amide bonds. The lowest BCUT2D eigenvalue weighted by Crippen LogP contribution is -2.04. The molecule has 3 heterocycles. The number of hydrogen-bond donors (Lipinski definition) is 0. The molecule has 0 bridgehead atoms. The summed E-state index contributed by atoms with van der Waals surface area (Å²) >= 11 is 0. The van der Waals surface area contributed by atoms with Crippen molar-refractivity contribution in [1.29, 1.82) is 0 Å². The fraction of sp³-hybridized carbons (Fsp3) is 0.0317. The maximum atomic E-state index is 6.53. The van der Waals surface area contributed by atoms with Crippen molar-refractivity contribution in [2.24, 2.45) is 0 Å². The Hall–Kier alpha value is -8.93. The lowest BCUT2D eigenvalue weighted by molar-refractivity contribution is 0.669. The zero-order chi connectivity index (χ0) is 45.0. The summed E-state index contributed by atoms with van der Waals surface area (Å²) in [6.45, 7) is 0. The molecule has 12 aromatic rings. The zero-order valence-electron chi connectivity index (χ0n) is 37.1. The average Bonchev–Trinajstić information content (AvgIpc) is 3.97. The van der Waals surface area contributed by atoms with Crippen molar-refractivity contribution < 1.29 is 4.42 Å². The van der Waals surface area contributed by atoms with Gasteiger partial charge >= 0.3 is 0 Å². The number of benzene rings is 9. The van der Waals surface area contributed by atoms with E-state index < -0.39 is 0 Å². The molecule has 0 atom stereocenters. The second-order valence-electron chi connectivity index (χ2n) is 17.4. The Morgan fingerprint density at radius 2 is 0.882 bits per heavy atom. The van der Waals surface area contributed by atoms with Crippen molar-refractivity contribution in [2.45, 2.75) is 12.8 Å². The van der Waals surface area contributed by atoms with Crippen LogP contribution in [0.25, 0.3) is 123 Å². The Morgan fingerprint density at radius 1 is 0.368 bits per heavy atom. The normalized spacial score (nSPS) is 12.6. The minimum atomic E-state index is 0.593. The maximum Gasteiger partial charge on any atom is 0.164 e. The number of nitrogens with zero attached hydrogens (tertiary/aromatic N) is 4. The number of aromatic nitrogens is 4. The Kier molecular flexibility index (Phi) is 9.57. The first-order chi connectivity index (χ1) is 33.7. The molecule has 9 aromatic carbocycles. The average molecular weight is 871 g/mol. The van der Waals surface area contributed by atoms with Crippen LogP contribution in [0.5, 0.6) is 0 Å². The van der Waals surface area contributed by atoms with Gasteiger partial charge in [-0.2, -0.15) is 0 Å². The third kappa shape index (κ3) is 6.83. The van der Waals surface area contributed by atoms with E-state index >= 15 is 0 Å². The van der Waals surface area contributed by atoms with Crippen LogP contribution in [0, 0.1) is 0 Å². The summed E-state index contributed by atoms with van der Waals surface area (Å²) in [5.74, 6) is 1.83. The zero-order valence-corrected chi connectivity index (χ0v) is 37.1. The Bertz CT molecular complexity index is 3860. The second-order valence-corrected chi connectivity index (χ2v) is 17.4. The lowest BCUT2D eigenvalue weighted by Gasteiger charge is -2.21. The van der Waals surface area contributed by atoms with E-state index in [1.54, 1.807) is 0 Å². The van der Waals surface area contributed by atoms with Crippen LogP contribution in [-0.4, -0.2) is 19.5 Å². The smallest absolute Gasteiger partial charge is 0.164 e. The predicted octanol–water partition coefficient (Wildman–Crippen LogP) is 16.6. The highest BCUT2D eigenvalue weighted by molar-refractivity contribution is 6.27. The van der Waals surface area contributed by atoms with Crippen molar-refractivity contribution in [3.05, 3.63) is 236 Å². The van der Waals surface area contributed by atoms with Crippen LogP contribution in [0.15, 0.2) is 235 Å². The van der Waals surface area contributed by atoms with Crippen molar-refractivity contribution >= 4 is 49.3 Å². The first-order valence-corrected chi connectivity index (χ1v) is 23.2. The molecule has 1 aliphatic carbocycles. The number of para-hydroxylation sites is 2. The molecule has 0 radical (unpaired) electrons. The van der Waals surface area contributed by atoms with Gasteiger partial charge in [-0.25, -0.2) is 15.0 Å². The molecule has 5 nitrogen and oxygen atoms in total. The van der Waals surface area contributed by atoms with Gasteiger partial charge in [-0.05, 0) is 82.6 Å². The fourth-order valence-corrected chi connectivity index (χ4v) is 10.0. The highest BCUT2D eigenvalue weighted by Gasteiger charge is 2.25. The summed E-state index contributed by atoms with van der Waals surface area (Å²) < 4.78 is 9.01. The van der Waals surface area contributed by atoms with Gasteiger partial charge in [0.25, 0.3) is 0 Å². The van der Waals surface area contributed by atoms with Gasteiger partial charge in [-0.15, -0.1) is 0 Å². The number of allylic oxidation sites excluding steroid dienone is 4. The summed E-state index contributed by atoms with van der Waals surface area (Å²) in [6.07, 6.45) is 8.97. The van der Waals surface area contributed by atoms with E-state index in [2.05, 4.69) is 193 Å². The molecule has 320 valence electrons. The molecule has 0 aliphatic heterocycles. The van der Waals surface area contributed by atoms with Crippen LogP contribution in [0.1, 0.15) is 18.4 Å². The SMILES string of the molecule is C1=CC(c2ccc(-c3cc(-c4nc(-c5ccccc5)nc(-c5ccccc5)n4)cc(-c4ccc(-c5ccccc5)cc4)c3-n3c4ccccc4c4c5c(ccc43)oc3ccccc35)cc2)=CCC1. The summed E-state index contributed by atoms with van der Waals surface area (Å²) in [6, 6.07) is 75.1. The molecule has 0 saturated carbocycles. The molecule has 5 heteroatoms. The summed E-state index contributed by atoms with van der Waals surface area (Å²) in [5, 5.41) is 4.53. The first kappa shape index (κ1) is 39.4. The van der Waals surface area contributed by atoms with E-state index in [4.69, 9.17) is 19.4 Å². The molecule has 0 spiro atoms. The van der Waals surface area contributed by atoms with Gasteiger partial charge in [-0.1, -0.05) is 194 Å². The van der Waals surface area contributed by atoms with Crippen molar-refractivity contribution in [1.82, 2.24) is 19.5 Å². The number of rotatable bonds is 8. The summed E-state index contributed by atoms with van der Waals surface area (Å²) in [5.41, 5.74) is 16.7. The van der Waals surface area contributed by atoms with Crippen LogP contribution in [0.4, 0.5) is 0 Å². The first-order valence-electron chi connectivity index (χ1n) is 23.2. The van der Waals surface area contributed by atoms with E-state index in [-0.39, 0.29) is 0 Å². The van der Waals surface area contributed by atoms with E-state index in [0.717, 1.165) is 107 Å². The van der Waals surface area contributed by atoms with Gasteiger partial charge in [0.05, 0.1) is 16.7 Å². The molecule has 0 N–H and O–H groups in total. The summed E-state index contributed by atoms with van der Waals surface area (Å²) in [4.78, 5) is 15.7. The van der Waals surface area contributed by atoms with Crippen molar-refractivity contribution in [3.8, 4) is 73.2 Å². The predicted molar refractivity (Wildman–Crippen MR) is 280 cm³/mol.